The number of aromatic nitrogens is 2. The Morgan fingerprint density at radius 2 is 1.96 bits per heavy atom. The lowest BCUT2D eigenvalue weighted by molar-refractivity contribution is 0.0827. The number of hydrogen-bond donors (Lipinski definition) is 1. The van der Waals surface area contributed by atoms with Crippen molar-refractivity contribution in [2.45, 2.75) is 75.8 Å². The second-order valence-corrected chi connectivity index (χ2v) is 14.2. The van der Waals surface area contributed by atoms with Crippen molar-refractivity contribution in [1.82, 2.24) is 29.7 Å². The number of likely N-dealkylation sites (tertiary alicyclic amines) is 1. The lowest BCUT2D eigenvalue weighted by atomic mass is 9.57. The first kappa shape index (κ1) is 33.5. The van der Waals surface area contributed by atoms with Gasteiger partial charge in [-0.05, 0) is 99.3 Å². The minimum atomic E-state index is -0.641. The Balaban J connectivity index is 1.59. The van der Waals surface area contributed by atoms with Crippen molar-refractivity contribution in [3.63, 3.8) is 0 Å². The summed E-state index contributed by atoms with van der Waals surface area (Å²) < 4.78 is 7.16. The third kappa shape index (κ3) is 6.26. The second kappa shape index (κ2) is 13.5. The molecular formula is C36H51N7O3. The summed E-state index contributed by atoms with van der Waals surface area (Å²) in [5.41, 5.74) is 4.36. The molecule has 1 aliphatic heterocycles. The van der Waals surface area contributed by atoms with Crippen molar-refractivity contribution < 1.29 is 9.32 Å². The number of nitriles is 1. The van der Waals surface area contributed by atoms with E-state index in [1.165, 1.54) is 0 Å². The van der Waals surface area contributed by atoms with Crippen LogP contribution in [0.25, 0.3) is 0 Å². The minimum Gasteiger partial charge on any atom is -0.381 e. The summed E-state index contributed by atoms with van der Waals surface area (Å²) in [6.45, 7) is 12.4. The average molecular weight is 630 g/mol. The van der Waals surface area contributed by atoms with Gasteiger partial charge in [0.1, 0.15) is 6.04 Å². The largest absolute Gasteiger partial charge is 0.459 e. The molecule has 1 aromatic heterocycles. The van der Waals surface area contributed by atoms with Crippen LogP contribution < -0.4 is 11.1 Å². The number of carbonyl (C=O) groups is 1. The molecule has 10 nitrogen and oxygen atoms in total. The Kier molecular flexibility index (Phi) is 9.83. The molecule has 5 rings (SSSR count). The monoisotopic (exact) mass is 629 g/mol. The maximum absolute atomic E-state index is 13.1. The summed E-state index contributed by atoms with van der Waals surface area (Å²) in [5, 5.41) is 13.4. The molecule has 248 valence electrons. The molecule has 46 heavy (non-hydrogen) atoms. The summed E-state index contributed by atoms with van der Waals surface area (Å²) in [6.07, 6.45) is 7.32. The van der Waals surface area contributed by atoms with E-state index in [0.717, 1.165) is 74.0 Å². The van der Waals surface area contributed by atoms with Gasteiger partial charge in [-0.1, -0.05) is 19.2 Å². The minimum absolute atomic E-state index is 0.0100. The van der Waals surface area contributed by atoms with E-state index in [4.69, 9.17) is 4.52 Å². The number of nitrogens with one attached hydrogen (secondary N) is 1. The Morgan fingerprint density at radius 3 is 2.61 bits per heavy atom. The standard InChI is InChI=1S/C36H51N7O3/c1-23(38-22-24(2)43-17-9-10-30(43)21-37)20-36(34-39-35(45)46-42(34)8)31-15-13-26(25(3)40(4)5)18-27(31)11-12-28-19-29(14-16-32(28)36)33(44)41(6)7/h14,16,19,23,26-27,30-31,38H,2-3,9-13,15,17-18,20,22H2,1,4-8H3/t23-,26?,27?,30?,31?,36?/m1/s1. The Labute approximate surface area is 273 Å². The first-order valence-corrected chi connectivity index (χ1v) is 16.7. The molecule has 2 aromatic rings. The van der Waals surface area contributed by atoms with E-state index in [9.17, 15) is 14.9 Å². The molecule has 3 aliphatic rings. The molecule has 6 atom stereocenters. The molecule has 1 saturated heterocycles. The van der Waals surface area contributed by atoms with Crippen LogP contribution in [0.4, 0.5) is 0 Å². The van der Waals surface area contributed by atoms with Gasteiger partial charge >= 0.3 is 5.76 Å². The van der Waals surface area contributed by atoms with Gasteiger partial charge in [0, 0.05) is 71.3 Å². The fourth-order valence-electron chi connectivity index (χ4n) is 8.65. The highest BCUT2D eigenvalue weighted by molar-refractivity contribution is 5.94. The number of allylic oxidation sites excluding steroid dienone is 1. The number of benzene rings is 1. The number of fused-ring (bicyclic) bond motifs is 2. The molecule has 1 saturated carbocycles. The van der Waals surface area contributed by atoms with E-state index < -0.39 is 11.2 Å². The van der Waals surface area contributed by atoms with E-state index in [1.807, 2.05) is 6.07 Å². The highest BCUT2D eigenvalue weighted by atomic mass is 16.5. The Bertz CT molecular complexity index is 1570. The van der Waals surface area contributed by atoms with E-state index in [-0.39, 0.29) is 23.9 Å². The fourth-order valence-corrected chi connectivity index (χ4v) is 8.65. The predicted molar refractivity (Wildman–Crippen MR) is 179 cm³/mol. The van der Waals surface area contributed by atoms with E-state index in [1.54, 1.807) is 30.8 Å². The number of carbonyl (C=O) groups excluding carboxylic acids is 1. The SMILES string of the molecule is C=C(C1CCC2C(CCc3cc(C(=O)N(C)C)ccc3C2(C[C@@H](C)NCC(=C)N2CCCC2C#N)c2nc(=O)on2C)C1)N(C)C. The molecule has 0 bridgehead atoms. The molecule has 2 aliphatic carbocycles. The summed E-state index contributed by atoms with van der Waals surface area (Å²) in [6, 6.07) is 8.42. The highest BCUT2D eigenvalue weighted by Gasteiger charge is 2.53. The van der Waals surface area contributed by atoms with Crippen LogP contribution in [0, 0.1) is 29.1 Å². The molecule has 1 amide bonds. The zero-order valence-corrected chi connectivity index (χ0v) is 28.5. The van der Waals surface area contributed by atoms with Crippen molar-refractivity contribution in [3.05, 3.63) is 75.8 Å². The molecule has 10 heteroatoms. The van der Waals surface area contributed by atoms with Gasteiger partial charge in [-0.15, -0.1) is 0 Å². The number of aryl methyl sites for hydroxylation is 2. The summed E-state index contributed by atoms with van der Waals surface area (Å²) in [4.78, 5) is 36.3. The van der Waals surface area contributed by atoms with Crippen molar-refractivity contribution >= 4 is 5.91 Å². The van der Waals surface area contributed by atoms with Crippen molar-refractivity contribution in [1.29, 1.82) is 5.26 Å². The van der Waals surface area contributed by atoms with Gasteiger partial charge in [-0.25, -0.2) is 4.79 Å². The third-order valence-electron chi connectivity index (χ3n) is 10.9. The maximum Gasteiger partial charge on any atom is 0.459 e. The topological polar surface area (TPSA) is 111 Å². The summed E-state index contributed by atoms with van der Waals surface area (Å²) in [7, 11) is 9.47. The first-order valence-electron chi connectivity index (χ1n) is 16.7. The van der Waals surface area contributed by atoms with Gasteiger partial charge in [0.2, 0.25) is 0 Å². The number of hydrogen-bond acceptors (Lipinski definition) is 8. The maximum atomic E-state index is 13.1. The molecular weight excluding hydrogens is 578 g/mol. The zero-order valence-electron chi connectivity index (χ0n) is 28.5. The highest BCUT2D eigenvalue weighted by Crippen LogP contribution is 2.56. The molecule has 0 spiro atoms. The lowest BCUT2D eigenvalue weighted by Gasteiger charge is -2.48. The van der Waals surface area contributed by atoms with Crippen LogP contribution in [0.1, 0.15) is 79.2 Å². The third-order valence-corrected chi connectivity index (χ3v) is 10.9. The lowest BCUT2D eigenvalue weighted by Crippen LogP contribution is -2.49. The summed E-state index contributed by atoms with van der Waals surface area (Å²) in [5.74, 6) is 0.945. The van der Waals surface area contributed by atoms with Gasteiger partial charge in [0.25, 0.3) is 5.91 Å². The number of nitrogens with zero attached hydrogens (tertiary/aromatic N) is 6. The average Bonchev–Trinajstić information content (AvgIpc) is 3.62. The number of amides is 1. The molecule has 1 N–H and O–H groups in total. The quantitative estimate of drug-likeness (QED) is 0.415. The fraction of sp³-hybridized carbons (Fsp3) is 0.611. The molecule has 0 radical (unpaired) electrons. The van der Waals surface area contributed by atoms with Crippen molar-refractivity contribution in [3.8, 4) is 6.07 Å². The van der Waals surface area contributed by atoms with Gasteiger partial charge < -0.3 is 24.5 Å². The Hall–Kier alpha value is -3.84. The molecule has 5 unspecified atom stereocenters. The zero-order chi connectivity index (χ0) is 33.3. The molecule has 2 heterocycles. The van der Waals surface area contributed by atoms with Crippen molar-refractivity contribution in [2.75, 3.05) is 41.3 Å². The predicted octanol–water partition coefficient (Wildman–Crippen LogP) is 4.29. The number of rotatable bonds is 10. The molecule has 2 fully saturated rings. The second-order valence-electron chi connectivity index (χ2n) is 14.2. The van der Waals surface area contributed by atoms with Crippen LogP contribution in [-0.2, 0) is 18.9 Å². The van der Waals surface area contributed by atoms with Crippen LogP contribution >= 0.6 is 0 Å². The van der Waals surface area contributed by atoms with Gasteiger partial charge in [-0.3, -0.25) is 4.79 Å². The van der Waals surface area contributed by atoms with Gasteiger partial charge in [0.05, 0.1) is 11.5 Å². The van der Waals surface area contributed by atoms with Gasteiger partial charge in [-0.2, -0.15) is 15.0 Å². The first-order chi connectivity index (χ1) is 21.9. The van der Waals surface area contributed by atoms with Crippen LogP contribution in [0.3, 0.4) is 0 Å². The van der Waals surface area contributed by atoms with Crippen LogP contribution in [0.15, 0.2) is 52.1 Å². The van der Waals surface area contributed by atoms with Crippen LogP contribution in [0.2, 0.25) is 0 Å². The van der Waals surface area contributed by atoms with E-state index in [0.29, 0.717) is 36.2 Å². The smallest absolute Gasteiger partial charge is 0.381 e. The van der Waals surface area contributed by atoms with Crippen molar-refractivity contribution in [2.24, 2.45) is 24.8 Å². The molecule has 1 aromatic carbocycles. The summed E-state index contributed by atoms with van der Waals surface area (Å²) >= 11 is 0. The van der Waals surface area contributed by atoms with Gasteiger partial charge in [0.15, 0.2) is 5.82 Å². The normalized spacial score (nSPS) is 26.3. The Morgan fingerprint density at radius 1 is 1.20 bits per heavy atom. The van der Waals surface area contributed by atoms with E-state index >= 15 is 0 Å². The van der Waals surface area contributed by atoms with E-state index in [2.05, 4.69) is 72.5 Å². The van der Waals surface area contributed by atoms with Crippen LogP contribution in [0.5, 0.6) is 0 Å². The van der Waals surface area contributed by atoms with Crippen LogP contribution in [-0.4, -0.2) is 83.7 Å².